The van der Waals surface area contributed by atoms with Crippen LogP contribution in [0.5, 0.6) is 0 Å². The maximum Gasteiger partial charge on any atom is 0.0459 e. The maximum absolute atomic E-state index is 9.08. The number of aliphatic hydroxyl groups excluding tert-OH is 1. The highest BCUT2D eigenvalue weighted by atomic mass is 35.5. The number of hydrogen-bond donors (Lipinski definition) is 2. The first-order valence-electron chi connectivity index (χ1n) is 6.37. The second kappa shape index (κ2) is 6.39. The van der Waals surface area contributed by atoms with Crippen molar-refractivity contribution in [3.63, 3.8) is 0 Å². The second-order valence-electron chi connectivity index (χ2n) is 4.87. The van der Waals surface area contributed by atoms with E-state index in [-0.39, 0.29) is 0 Å². The zero-order valence-corrected chi connectivity index (χ0v) is 10.8. The molecule has 0 spiro atoms. The molecule has 3 heteroatoms. The van der Waals surface area contributed by atoms with Crippen molar-refractivity contribution in [1.29, 1.82) is 0 Å². The Labute approximate surface area is 108 Å². The monoisotopic (exact) mass is 253 g/mol. The smallest absolute Gasteiger partial charge is 0.0459 e. The van der Waals surface area contributed by atoms with Crippen LogP contribution < -0.4 is 5.32 Å². The van der Waals surface area contributed by atoms with Gasteiger partial charge in [0.05, 0.1) is 0 Å². The molecule has 0 amide bonds. The van der Waals surface area contributed by atoms with E-state index in [1.807, 2.05) is 18.2 Å². The molecule has 0 aliphatic heterocycles. The molecule has 0 heterocycles. The van der Waals surface area contributed by atoms with Crippen molar-refractivity contribution in [1.82, 2.24) is 5.32 Å². The Bertz CT molecular complexity index is 348. The molecule has 17 heavy (non-hydrogen) atoms. The zero-order chi connectivity index (χ0) is 12.1. The van der Waals surface area contributed by atoms with Gasteiger partial charge in [-0.2, -0.15) is 0 Å². The van der Waals surface area contributed by atoms with E-state index in [1.54, 1.807) is 0 Å². The summed E-state index contributed by atoms with van der Waals surface area (Å²) in [5.41, 5.74) is 1.17. The Balaban J connectivity index is 1.78. The van der Waals surface area contributed by atoms with Gasteiger partial charge in [0.1, 0.15) is 0 Å². The van der Waals surface area contributed by atoms with Crippen molar-refractivity contribution in [2.24, 2.45) is 5.92 Å². The van der Waals surface area contributed by atoms with E-state index in [0.29, 0.717) is 18.6 Å². The number of rotatable bonds is 4. The molecule has 1 aromatic rings. The lowest BCUT2D eigenvalue weighted by Crippen LogP contribution is -2.33. The molecular formula is C14H20ClNO. The summed E-state index contributed by atoms with van der Waals surface area (Å²) in [5, 5.41) is 13.5. The van der Waals surface area contributed by atoms with Crippen LogP contribution in [0.1, 0.15) is 31.2 Å². The number of hydrogen-bond acceptors (Lipinski definition) is 2. The number of benzene rings is 1. The van der Waals surface area contributed by atoms with Crippen LogP contribution >= 0.6 is 11.6 Å². The van der Waals surface area contributed by atoms with Gasteiger partial charge in [-0.15, -0.1) is 0 Å². The van der Waals surface area contributed by atoms with Crippen molar-refractivity contribution < 1.29 is 5.11 Å². The lowest BCUT2D eigenvalue weighted by molar-refractivity contribution is 0.175. The highest BCUT2D eigenvalue weighted by Gasteiger charge is 2.19. The minimum absolute atomic E-state index is 0.344. The molecule has 2 rings (SSSR count). The lowest BCUT2D eigenvalue weighted by atomic mass is 9.86. The fourth-order valence-electron chi connectivity index (χ4n) is 2.45. The maximum atomic E-state index is 9.08. The molecule has 0 saturated heterocycles. The Kier molecular flexibility index (Phi) is 4.84. The summed E-state index contributed by atoms with van der Waals surface area (Å²) >= 11 is 6.11. The Morgan fingerprint density at radius 3 is 2.53 bits per heavy atom. The number of nitrogens with one attached hydrogen (secondary N) is 1. The Morgan fingerprint density at radius 1 is 1.18 bits per heavy atom. The molecule has 0 bridgehead atoms. The average Bonchev–Trinajstić information content (AvgIpc) is 2.38. The van der Waals surface area contributed by atoms with Crippen molar-refractivity contribution in [3.8, 4) is 0 Å². The van der Waals surface area contributed by atoms with Gasteiger partial charge in [-0.3, -0.25) is 0 Å². The minimum atomic E-state index is 0.344. The number of halogens is 1. The summed E-state index contributed by atoms with van der Waals surface area (Å²) in [6, 6.07) is 8.55. The SMILES string of the molecule is OCC1CCC(NCc2ccccc2Cl)CC1. The summed E-state index contributed by atoms with van der Waals surface area (Å²) in [4.78, 5) is 0. The van der Waals surface area contributed by atoms with Crippen LogP contribution in [0.15, 0.2) is 24.3 Å². The van der Waals surface area contributed by atoms with Gasteiger partial charge in [0.25, 0.3) is 0 Å². The van der Waals surface area contributed by atoms with E-state index in [2.05, 4.69) is 11.4 Å². The fraction of sp³-hybridized carbons (Fsp3) is 0.571. The van der Waals surface area contributed by atoms with Crippen LogP contribution in [-0.4, -0.2) is 17.8 Å². The van der Waals surface area contributed by atoms with Crippen molar-refractivity contribution in [2.75, 3.05) is 6.61 Å². The van der Waals surface area contributed by atoms with Gasteiger partial charge in [-0.05, 0) is 43.2 Å². The lowest BCUT2D eigenvalue weighted by Gasteiger charge is -2.28. The van der Waals surface area contributed by atoms with Crippen LogP contribution in [0.4, 0.5) is 0 Å². The highest BCUT2D eigenvalue weighted by molar-refractivity contribution is 6.31. The van der Waals surface area contributed by atoms with Gasteiger partial charge in [0, 0.05) is 24.2 Å². The molecule has 1 fully saturated rings. The Morgan fingerprint density at radius 2 is 1.88 bits per heavy atom. The van der Waals surface area contributed by atoms with Crippen LogP contribution in [0.3, 0.4) is 0 Å². The van der Waals surface area contributed by atoms with Crippen LogP contribution in [0.25, 0.3) is 0 Å². The molecule has 0 aromatic heterocycles. The first-order valence-corrected chi connectivity index (χ1v) is 6.75. The van der Waals surface area contributed by atoms with E-state index in [0.717, 1.165) is 37.3 Å². The van der Waals surface area contributed by atoms with Gasteiger partial charge in [-0.1, -0.05) is 29.8 Å². The summed E-state index contributed by atoms with van der Waals surface area (Å²) < 4.78 is 0. The molecular weight excluding hydrogens is 234 g/mol. The van der Waals surface area contributed by atoms with Gasteiger partial charge in [0.15, 0.2) is 0 Å². The molecule has 94 valence electrons. The van der Waals surface area contributed by atoms with E-state index < -0.39 is 0 Å². The van der Waals surface area contributed by atoms with Crippen LogP contribution in [-0.2, 0) is 6.54 Å². The van der Waals surface area contributed by atoms with Gasteiger partial charge < -0.3 is 10.4 Å². The van der Waals surface area contributed by atoms with Gasteiger partial charge >= 0.3 is 0 Å². The number of aliphatic hydroxyl groups is 1. The zero-order valence-electron chi connectivity index (χ0n) is 10.0. The second-order valence-corrected chi connectivity index (χ2v) is 5.28. The molecule has 2 nitrogen and oxygen atoms in total. The average molecular weight is 254 g/mol. The van der Waals surface area contributed by atoms with E-state index in [9.17, 15) is 0 Å². The molecule has 1 aliphatic rings. The molecule has 0 atom stereocenters. The molecule has 2 N–H and O–H groups in total. The largest absolute Gasteiger partial charge is 0.396 e. The molecule has 0 unspecified atom stereocenters. The summed E-state index contributed by atoms with van der Waals surface area (Å²) in [5.74, 6) is 0.522. The van der Waals surface area contributed by atoms with Crippen molar-refractivity contribution in [3.05, 3.63) is 34.9 Å². The highest BCUT2D eigenvalue weighted by Crippen LogP contribution is 2.24. The van der Waals surface area contributed by atoms with E-state index in [1.165, 1.54) is 5.56 Å². The normalized spacial score (nSPS) is 24.8. The molecule has 0 radical (unpaired) electrons. The van der Waals surface area contributed by atoms with E-state index >= 15 is 0 Å². The van der Waals surface area contributed by atoms with Crippen LogP contribution in [0, 0.1) is 5.92 Å². The summed E-state index contributed by atoms with van der Waals surface area (Å²) in [6.45, 7) is 1.19. The topological polar surface area (TPSA) is 32.3 Å². The van der Waals surface area contributed by atoms with Crippen LogP contribution in [0.2, 0.25) is 5.02 Å². The molecule has 1 aliphatic carbocycles. The molecule has 1 saturated carbocycles. The van der Waals surface area contributed by atoms with Crippen molar-refractivity contribution >= 4 is 11.6 Å². The van der Waals surface area contributed by atoms with E-state index in [4.69, 9.17) is 16.7 Å². The summed E-state index contributed by atoms with van der Waals surface area (Å²) in [6.07, 6.45) is 4.60. The minimum Gasteiger partial charge on any atom is -0.396 e. The van der Waals surface area contributed by atoms with Gasteiger partial charge in [0.2, 0.25) is 0 Å². The third-order valence-corrected chi connectivity index (χ3v) is 4.01. The third-order valence-electron chi connectivity index (χ3n) is 3.64. The quantitative estimate of drug-likeness (QED) is 0.865. The fourth-order valence-corrected chi connectivity index (χ4v) is 2.65. The van der Waals surface area contributed by atoms with Crippen molar-refractivity contribution in [2.45, 2.75) is 38.3 Å². The predicted octanol–water partition coefficient (Wildman–Crippen LogP) is 2.98. The Hall–Kier alpha value is -0.570. The standard InChI is InChI=1S/C14H20ClNO/c15-14-4-2-1-3-12(14)9-16-13-7-5-11(10-17)6-8-13/h1-4,11,13,16-17H,5-10H2. The summed E-state index contributed by atoms with van der Waals surface area (Å²) in [7, 11) is 0. The first kappa shape index (κ1) is 12.9. The van der Waals surface area contributed by atoms with Gasteiger partial charge in [-0.25, -0.2) is 0 Å². The predicted molar refractivity (Wildman–Crippen MR) is 71.1 cm³/mol. The first-order chi connectivity index (χ1) is 8.29. The molecule has 1 aromatic carbocycles. The third kappa shape index (κ3) is 3.70.